The van der Waals surface area contributed by atoms with Crippen LogP contribution in [0.4, 0.5) is 11.4 Å². The lowest BCUT2D eigenvalue weighted by atomic mass is 9.92. The first-order valence-corrected chi connectivity index (χ1v) is 9.64. The van der Waals surface area contributed by atoms with E-state index in [9.17, 15) is 0 Å². The van der Waals surface area contributed by atoms with Crippen LogP contribution in [-0.4, -0.2) is 4.98 Å². The molecule has 1 fully saturated rings. The Kier molecular flexibility index (Phi) is 3.67. The van der Waals surface area contributed by atoms with Crippen LogP contribution in [0, 0.1) is 0 Å². The molecule has 3 heteroatoms. The largest absolute Gasteiger partial charge is 0.355 e. The van der Waals surface area contributed by atoms with E-state index in [1.807, 2.05) is 12.1 Å². The van der Waals surface area contributed by atoms with E-state index in [1.54, 1.807) is 0 Å². The molecule has 5 rings (SSSR count). The van der Waals surface area contributed by atoms with Crippen LogP contribution in [0.5, 0.6) is 0 Å². The molecule has 0 aliphatic heterocycles. The van der Waals surface area contributed by atoms with E-state index in [4.69, 9.17) is 16.6 Å². The first kappa shape index (κ1) is 15.2. The quantitative estimate of drug-likeness (QED) is 0.593. The third-order valence-electron chi connectivity index (χ3n) is 5.45. The summed E-state index contributed by atoms with van der Waals surface area (Å²) in [7, 11) is 0. The number of benzene rings is 2. The second-order valence-electron chi connectivity index (χ2n) is 7.30. The summed E-state index contributed by atoms with van der Waals surface area (Å²) in [4.78, 5) is 4.99. The fourth-order valence-electron chi connectivity index (χ4n) is 3.93. The molecule has 0 radical (unpaired) electrons. The van der Waals surface area contributed by atoms with E-state index in [0.717, 1.165) is 35.0 Å². The lowest BCUT2D eigenvalue weighted by Crippen LogP contribution is -2.09. The first-order valence-electron chi connectivity index (χ1n) is 9.26. The number of hydrogen-bond acceptors (Lipinski definition) is 2. The van der Waals surface area contributed by atoms with Gasteiger partial charge in [-0.15, -0.1) is 0 Å². The molecule has 0 spiro atoms. The normalized spacial score (nSPS) is 16.7. The van der Waals surface area contributed by atoms with Crippen molar-refractivity contribution in [2.45, 2.75) is 44.4 Å². The summed E-state index contributed by atoms with van der Waals surface area (Å²) in [5.41, 5.74) is 7.59. The fourth-order valence-corrected chi connectivity index (χ4v) is 4.06. The van der Waals surface area contributed by atoms with Gasteiger partial charge < -0.3 is 5.32 Å². The molecule has 2 nitrogen and oxygen atoms in total. The van der Waals surface area contributed by atoms with E-state index in [1.165, 1.54) is 53.6 Å². The van der Waals surface area contributed by atoms with E-state index in [0.29, 0.717) is 0 Å². The number of anilines is 2. The SMILES string of the molecule is Clc1ccc(Nc2c3c(nc4ccc(C5CC5)cc24)CCCC3)cc1. The third kappa shape index (κ3) is 2.89. The Morgan fingerprint density at radius 3 is 2.56 bits per heavy atom. The maximum Gasteiger partial charge on any atom is 0.0726 e. The second kappa shape index (κ2) is 6.03. The molecule has 126 valence electrons. The van der Waals surface area contributed by atoms with Gasteiger partial charge in [0.25, 0.3) is 0 Å². The van der Waals surface area contributed by atoms with Crippen LogP contribution < -0.4 is 5.32 Å². The molecule has 1 N–H and O–H groups in total. The molecular weight excluding hydrogens is 328 g/mol. The maximum absolute atomic E-state index is 6.05. The Labute approximate surface area is 153 Å². The molecular formula is C22H21ClN2. The number of rotatable bonds is 3. The second-order valence-corrected chi connectivity index (χ2v) is 7.74. The van der Waals surface area contributed by atoms with E-state index in [2.05, 4.69) is 35.6 Å². The van der Waals surface area contributed by atoms with Crippen molar-refractivity contribution < 1.29 is 0 Å². The Bertz CT molecular complexity index is 942. The smallest absolute Gasteiger partial charge is 0.0726 e. The molecule has 0 bridgehead atoms. The van der Waals surface area contributed by atoms with Gasteiger partial charge in [0.1, 0.15) is 0 Å². The zero-order valence-corrected chi connectivity index (χ0v) is 14.9. The van der Waals surface area contributed by atoms with Gasteiger partial charge in [0.05, 0.1) is 11.2 Å². The number of hydrogen-bond donors (Lipinski definition) is 1. The predicted molar refractivity (Wildman–Crippen MR) is 105 cm³/mol. The predicted octanol–water partition coefficient (Wildman–Crippen LogP) is 6.39. The van der Waals surface area contributed by atoms with Crippen molar-refractivity contribution >= 4 is 33.9 Å². The first-order chi connectivity index (χ1) is 12.3. The number of fused-ring (bicyclic) bond motifs is 2. The van der Waals surface area contributed by atoms with Gasteiger partial charge in [0, 0.05) is 21.8 Å². The molecule has 0 atom stereocenters. The molecule has 0 saturated heterocycles. The van der Waals surface area contributed by atoms with Crippen molar-refractivity contribution in [2.75, 3.05) is 5.32 Å². The zero-order chi connectivity index (χ0) is 16.8. The molecule has 25 heavy (non-hydrogen) atoms. The van der Waals surface area contributed by atoms with Crippen molar-refractivity contribution in [1.29, 1.82) is 0 Å². The van der Waals surface area contributed by atoms with Gasteiger partial charge in [-0.1, -0.05) is 17.7 Å². The Balaban J connectivity index is 1.68. The molecule has 0 amide bonds. The van der Waals surface area contributed by atoms with Crippen LogP contribution >= 0.6 is 11.6 Å². The van der Waals surface area contributed by atoms with Gasteiger partial charge in [-0.25, -0.2) is 0 Å². The molecule has 2 aliphatic carbocycles. The van der Waals surface area contributed by atoms with E-state index in [-0.39, 0.29) is 0 Å². The molecule has 1 aromatic heterocycles. The van der Waals surface area contributed by atoms with Gasteiger partial charge >= 0.3 is 0 Å². The standard InChI is InChI=1S/C22H21ClN2/c23-16-8-10-17(11-9-16)24-22-18-3-1-2-4-20(18)25-21-12-7-15(13-19(21)22)14-5-6-14/h7-14H,1-6H2,(H,24,25). The maximum atomic E-state index is 6.05. The zero-order valence-electron chi connectivity index (χ0n) is 14.2. The van der Waals surface area contributed by atoms with Crippen LogP contribution in [0.2, 0.25) is 5.02 Å². The minimum atomic E-state index is 0.754. The minimum absolute atomic E-state index is 0.754. The fraction of sp³-hybridized carbons (Fsp3) is 0.318. The number of pyridine rings is 1. The number of halogens is 1. The summed E-state index contributed by atoms with van der Waals surface area (Å²) < 4.78 is 0. The van der Waals surface area contributed by atoms with Crippen molar-refractivity contribution in [1.82, 2.24) is 4.98 Å². The number of nitrogens with zero attached hydrogens (tertiary/aromatic N) is 1. The molecule has 1 heterocycles. The van der Waals surface area contributed by atoms with Crippen molar-refractivity contribution in [3.63, 3.8) is 0 Å². The van der Waals surface area contributed by atoms with Crippen LogP contribution in [0.3, 0.4) is 0 Å². The minimum Gasteiger partial charge on any atom is -0.355 e. The average molecular weight is 349 g/mol. The van der Waals surface area contributed by atoms with Gasteiger partial charge in [-0.05, 0) is 92.0 Å². The third-order valence-corrected chi connectivity index (χ3v) is 5.70. The van der Waals surface area contributed by atoms with Crippen LogP contribution in [0.1, 0.15) is 48.4 Å². The van der Waals surface area contributed by atoms with Gasteiger partial charge in [0.2, 0.25) is 0 Å². The average Bonchev–Trinajstić information content (AvgIpc) is 3.48. The highest BCUT2D eigenvalue weighted by molar-refractivity contribution is 6.30. The van der Waals surface area contributed by atoms with Crippen molar-refractivity contribution in [2.24, 2.45) is 0 Å². The van der Waals surface area contributed by atoms with Crippen molar-refractivity contribution in [3.8, 4) is 0 Å². The molecule has 2 aromatic carbocycles. The highest BCUT2D eigenvalue weighted by atomic mass is 35.5. The summed E-state index contributed by atoms with van der Waals surface area (Å²) in [5.74, 6) is 0.754. The highest BCUT2D eigenvalue weighted by Gasteiger charge is 2.25. The topological polar surface area (TPSA) is 24.9 Å². The number of aromatic nitrogens is 1. The van der Waals surface area contributed by atoms with E-state index < -0.39 is 0 Å². The Morgan fingerprint density at radius 1 is 0.960 bits per heavy atom. The number of aryl methyl sites for hydroxylation is 1. The molecule has 2 aliphatic rings. The molecule has 0 unspecified atom stereocenters. The lowest BCUT2D eigenvalue weighted by molar-refractivity contribution is 0.672. The van der Waals surface area contributed by atoms with Crippen LogP contribution in [0.25, 0.3) is 10.9 Å². The van der Waals surface area contributed by atoms with Gasteiger partial charge in [0.15, 0.2) is 0 Å². The summed E-state index contributed by atoms with van der Waals surface area (Å²) >= 11 is 6.05. The van der Waals surface area contributed by atoms with Crippen molar-refractivity contribution in [3.05, 3.63) is 64.3 Å². The van der Waals surface area contributed by atoms with Crippen LogP contribution in [-0.2, 0) is 12.8 Å². The van der Waals surface area contributed by atoms with E-state index >= 15 is 0 Å². The summed E-state index contributed by atoms with van der Waals surface area (Å²) in [5, 5.41) is 5.72. The molecule has 1 saturated carbocycles. The Hall–Kier alpha value is -2.06. The lowest BCUT2D eigenvalue weighted by Gasteiger charge is -2.22. The number of nitrogens with one attached hydrogen (secondary N) is 1. The summed E-state index contributed by atoms with van der Waals surface area (Å²) in [6, 6.07) is 14.8. The summed E-state index contributed by atoms with van der Waals surface area (Å²) in [6.45, 7) is 0. The highest BCUT2D eigenvalue weighted by Crippen LogP contribution is 2.43. The Morgan fingerprint density at radius 2 is 1.76 bits per heavy atom. The van der Waals surface area contributed by atoms with Gasteiger partial charge in [-0.3, -0.25) is 4.98 Å². The molecule has 3 aromatic rings. The summed E-state index contributed by atoms with van der Waals surface area (Å²) in [6.07, 6.45) is 7.34. The van der Waals surface area contributed by atoms with Gasteiger partial charge in [-0.2, -0.15) is 0 Å². The van der Waals surface area contributed by atoms with Crippen LogP contribution in [0.15, 0.2) is 42.5 Å². The monoisotopic (exact) mass is 348 g/mol.